The van der Waals surface area contributed by atoms with Crippen LogP contribution in [0.5, 0.6) is 11.5 Å². The van der Waals surface area contributed by atoms with Gasteiger partial charge in [0.2, 0.25) is 0 Å². The second-order valence-corrected chi connectivity index (χ2v) is 8.39. The van der Waals surface area contributed by atoms with Gasteiger partial charge in [-0.05, 0) is 50.7 Å². The number of rotatable bonds is 4. The van der Waals surface area contributed by atoms with E-state index in [4.69, 9.17) is 9.47 Å². The molecule has 1 saturated carbocycles. The van der Waals surface area contributed by atoms with Gasteiger partial charge in [-0.2, -0.15) is 0 Å². The number of fused-ring (bicyclic) bond motifs is 1. The van der Waals surface area contributed by atoms with E-state index in [-0.39, 0.29) is 6.03 Å². The third-order valence-corrected chi connectivity index (χ3v) is 6.07. The zero-order valence-electron chi connectivity index (χ0n) is 16.9. The molecule has 7 heteroatoms. The average molecular weight is 396 g/mol. The predicted octanol–water partition coefficient (Wildman–Crippen LogP) is 3.78. The fourth-order valence-electron chi connectivity index (χ4n) is 4.36. The number of ether oxygens (including phenoxy) is 2. The highest BCUT2D eigenvalue weighted by Gasteiger charge is 2.31. The van der Waals surface area contributed by atoms with Crippen molar-refractivity contribution < 1.29 is 14.3 Å². The summed E-state index contributed by atoms with van der Waals surface area (Å²) in [6.45, 7) is 5.75. The van der Waals surface area contributed by atoms with Gasteiger partial charge >= 0.3 is 6.03 Å². The fraction of sp³-hybridized carbons (Fsp3) is 0.545. The quantitative estimate of drug-likeness (QED) is 0.854. The number of piperidine rings is 1. The van der Waals surface area contributed by atoms with Gasteiger partial charge < -0.3 is 24.3 Å². The molecule has 1 atom stereocenters. The number of likely N-dealkylation sites (tertiary alicyclic amines) is 1. The second-order valence-electron chi connectivity index (χ2n) is 8.39. The van der Waals surface area contributed by atoms with E-state index < -0.39 is 0 Å². The van der Waals surface area contributed by atoms with Crippen LogP contribution in [-0.2, 0) is 6.54 Å². The van der Waals surface area contributed by atoms with Crippen LogP contribution in [0.2, 0.25) is 0 Å². The molecule has 1 saturated heterocycles. The number of imidazole rings is 1. The molecule has 2 fully saturated rings. The first-order chi connectivity index (χ1) is 14.2. The molecule has 0 bridgehead atoms. The summed E-state index contributed by atoms with van der Waals surface area (Å²) in [6, 6.07) is 5.51. The van der Waals surface area contributed by atoms with E-state index in [2.05, 4.69) is 21.8 Å². The number of anilines is 1. The number of benzene rings is 1. The average Bonchev–Trinajstić information content (AvgIpc) is 3.52. The van der Waals surface area contributed by atoms with E-state index in [9.17, 15) is 4.79 Å². The molecule has 29 heavy (non-hydrogen) atoms. The molecule has 3 heterocycles. The van der Waals surface area contributed by atoms with Gasteiger partial charge in [0.1, 0.15) is 19.0 Å². The zero-order chi connectivity index (χ0) is 19.8. The molecule has 3 aliphatic rings. The second kappa shape index (κ2) is 7.61. The number of aryl methyl sites for hydroxylation is 1. The van der Waals surface area contributed by atoms with Crippen LogP contribution in [0.1, 0.15) is 43.1 Å². The van der Waals surface area contributed by atoms with Crippen LogP contribution in [0.3, 0.4) is 0 Å². The standard InChI is InChI=1S/C22H28N4O3/c1-15-12-23-21(17-4-5-17)26(15)14-16-3-2-8-25(13-16)22(27)24-18-6-7-19-20(11-18)29-10-9-28-19/h6-7,11-12,16-17H,2-5,8-10,13-14H2,1H3,(H,24,27). The maximum atomic E-state index is 12.9. The van der Waals surface area contributed by atoms with Crippen LogP contribution >= 0.6 is 0 Å². The third-order valence-electron chi connectivity index (χ3n) is 6.07. The highest BCUT2D eigenvalue weighted by atomic mass is 16.6. The maximum absolute atomic E-state index is 12.9. The largest absolute Gasteiger partial charge is 0.486 e. The minimum Gasteiger partial charge on any atom is -0.486 e. The summed E-state index contributed by atoms with van der Waals surface area (Å²) in [5.41, 5.74) is 1.97. The number of hydrogen-bond donors (Lipinski definition) is 1. The first-order valence-corrected chi connectivity index (χ1v) is 10.6. The Morgan fingerprint density at radius 1 is 1.21 bits per heavy atom. The van der Waals surface area contributed by atoms with Crippen molar-refractivity contribution >= 4 is 11.7 Å². The molecule has 7 nitrogen and oxygen atoms in total. The van der Waals surface area contributed by atoms with Crippen LogP contribution in [0, 0.1) is 12.8 Å². The number of aromatic nitrogens is 2. The van der Waals surface area contributed by atoms with Crippen molar-refractivity contribution in [1.29, 1.82) is 0 Å². The van der Waals surface area contributed by atoms with E-state index in [1.807, 2.05) is 29.3 Å². The molecular weight excluding hydrogens is 368 g/mol. The summed E-state index contributed by atoms with van der Waals surface area (Å²) in [7, 11) is 0. The van der Waals surface area contributed by atoms with Gasteiger partial charge in [-0.25, -0.2) is 9.78 Å². The molecular formula is C22H28N4O3. The fourth-order valence-corrected chi connectivity index (χ4v) is 4.36. The lowest BCUT2D eigenvalue weighted by atomic mass is 9.98. The summed E-state index contributed by atoms with van der Waals surface area (Å²) >= 11 is 0. The summed E-state index contributed by atoms with van der Waals surface area (Å²) in [5.74, 6) is 3.76. The van der Waals surface area contributed by atoms with E-state index in [1.165, 1.54) is 24.4 Å². The molecule has 0 radical (unpaired) electrons. The highest BCUT2D eigenvalue weighted by molar-refractivity contribution is 5.89. The molecule has 1 aromatic carbocycles. The predicted molar refractivity (Wildman–Crippen MR) is 110 cm³/mol. The summed E-state index contributed by atoms with van der Waals surface area (Å²) in [5, 5.41) is 3.02. The molecule has 1 aliphatic carbocycles. The lowest BCUT2D eigenvalue weighted by Gasteiger charge is -2.33. The summed E-state index contributed by atoms with van der Waals surface area (Å²) in [6.07, 6.45) is 6.68. The van der Waals surface area contributed by atoms with Crippen molar-refractivity contribution in [2.45, 2.75) is 45.1 Å². The Balaban J connectivity index is 1.22. The number of urea groups is 1. The van der Waals surface area contributed by atoms with Crippen molar-refractivity contribution in [2.75, 3.05) is 31.6 Å². The van der Waals surface area contributed by atoms with Crippen LogP contribution in [-0.4, -0.2) is 46.8 Å². The number of hydrogen-bond acceptors (Lipinski definition) is 4. The molecule has 2 aromatic rings. The molecule has 1 unspecified atom stereocenters. The number of carbonyl (C=O) groups is 1. The van der Waals surface area contributed by atoms with E-state index in [0.29, 0.717) is 30.8 Å². The number of nitrogens with one attached hydrogen (secondary N) is 1. The van der Waals surface area contributed by atoms with Crippen LogP contribution < -0.4 is 14.8 Å². The van der Waals surface area contributed by atoms with Gasteiger partial charge in [-0.3, -0.25) is 0 Å². The Morgan fingerprint density at radius 2 is 2.03 bits per heavy atom. The monoisotopic (exact) mass is 396 g/mol. The lowest BCUT2D eigenvalue weighted by molar-refractivity contribution is 0.169. The number of nitrogens with zero attached hydrogens (tertiary/aromatic N) is 3. The van der Waals surface area contributed by atoms with Gasteiger partial charge in [0.15, 0.2) is 11.5 Å². The molecule has 1 aromatic heterocycles. The molecule has 1 N–H and O–H groups in total. The summed E-state index contributed by atoms with van der Waals surface area (Å²) < 4.78 is 13.5. The third kappa shape index (κ3) is 3.91. The SMILES string of the molecule is Cc1cnc(C2CC2)n1CC1CCCN(C(=O)Nc2ccc3c(c2)OCCO3)C1. The lowest BCUT2D eigenvalue weighted by Crippen LogP contribution is -2.43. The van der Waals surface area contributed by atoms with Crippen molar-refractivity contribution in [3.8, 4) is 11.5 Å². The Kier molecular flexibility index (Phi) is 4.81. The van der Waals surface area contributed by atoms with Crippen molar-refractivity contribution in [3.05, 3.63) is 35.9 Å². The van der Waals surface area contributed by atoms with Crippen molar-refractivity contribution in [1.82, 2.24) is 14.5 Å². The Hall–Kier alpha value is -2.70. The van der Waals surface area contributed by atoms with Crippen LogP contribution in [0.15, 0.2) is 24.4 Å². The number of amides is 2. The van der Waals surface area contributed by atoms with Gasteiger partial charge in [0, 0.05) is 49.2 Å². The topological polar surface area (TPSA) is 68.6 Å². The Bertz CT molecular complexity index is 905. The number of carbonyl (C=O) groups excluding carboxylic acids is 1. The van der Waals surface area contributed by atoms with Crippen LogP contribution in [0.25, 0.3) is 0 Å². The van der Waals surface area contributed by atoms with E-state index >= 15 is 0 Å². The zero-order valence-corrected chi connectivity index (χ0v) is 16.9. The van der Waals surface area contributed by atoms with E-state index in [1.54, 1.807) is 0 Å². The minimum absolute atomic E-state index is 0.0452. The van der Waals surface area contributed by atoms with Crippen molar-refractivity contribution in [2.24, 2.45) is 5.92 Å². The van der Waals surface area contributed by atoms with Gasteiger partial charge in [-0.1, -0.05) is 0 Å². The van der Waals surface area contributed by atoms with E-state index in [0.717, 1.165) is 43.9 Å². The summed E-state index contributed by atoms with van der Waals surface area (Å²) in [4.78, 5) is 19.4. The van der Waals surface area contributed by atoms with Gasteiger partial charge in [0.05, 0.1) is 0 Å². The first kappa shape index (κ1) is 18.3. The molecule has 5 rings (SSSR count). The molecule has 2 amide bonds. The molecule has 2 aliphatic heterocycles. The smallest absolute Gasteiger partial charge is 0.321 e. The van der Waals surface area contributed by atoms with Crippen LogP contribution in [0.4, 0.5) is 10.5 Å². The van der Waals surface area contributed by atoms with Gasteiger partial charge in [0.25, 0.3) is 0 Å². The normalized spacial score (nSPS) is 21.1. The first-order valence-electron chi connectivity index (χ1n) is 10.6. The molecule has 0 spiro atoms. The van der Waals surface area contributed by atoms with Gasteiger partial charge in [-0.15, -0.1) is 0 Å². The Labute approximate surface area is 171 Å². The maximum Gasteiger partial charge on any atom is 0.321 e. The Morgan fingerprint density at radius 3 is 2.86 bits per heavy atom. The molecule has 154 valence electrons. The minimum atomic E-state index is -0.0452. The highest BCUT2D eigenvalue weighted by Crippen LogP contribution is 2.40. The van der Waals surface area contributed by atoms with Crippen molar-refractivity contribution in [3.63, 3.8) is 0 Å².